The number of alkyl halides is 1. The van der Waals surface area contributed by atoms with Gasteiger partial charge in [0, 0.05) is 30.1 Å². The van der Waals surface area contributed by atoms with Crippen LogP contribution in [0, 0.1) is 11.8 Å². The maximum Gasteiger partial charge on any atom is 0.271 e. The number of fused-ring (bicyclic) bond motifs is 1. The predicted molar refractivity (Wildman–Crippen MR) is 81.0 cm³/mol. The SMILES string of the molecule is O=C(NC1C2C(F)C12)c1[nH]ccc(=O)c1OCc1ccccc1. The van der Waals surface area contributed by atoms with Crippen LogP contribution in [0.4, 0.5) is 4.39 Å². The minimum atomic E-state index is -0.774. The average molecular weight is 314 g/mol. The highest BCUT2D eigenvalue weighted by Crippen LogP contribution is 2.64. The summed E-state index contributed by atoms with van der Waals surface area (Å²) in [6.07, 6.45) is 0.627. The maximum atomic E-state index is 12.9. The second-order valence-corrected chi connectivity index (χ2v) is 5.92. The van der Waals surface area contributed by atoms with Crippen LogP contribution in [0.15, 0.2) is 47.4 Å². The molecule has 23 heavy (non-hydrogen) atoms. The van der Waals surface area contributed by atoms with E-state index >= 15 is 0 Å². The van der Waals surface area contributed by atoms with Crippen LogP contribution in [-0.2, 0) is 6.61 Å². The van der Waals surface area contributed by atoms with Gasteiger partial charge >= 0.3 is 0 Å². The van der Waals surface area contributed by atoms with Gasteiger partial charge in [0.15, 0.2) is 11.4 Å². The van der Waals surface area contributed by atoms with Gasteiger partial charge in [0.05, 0.1) is 0 Å². The maximum absolute atomic E-state index is 12.9. The van der Waals surface area contributed by atoms with E-state index in [2.05, 4.69) is 10.3 Å². The molecule has 0 saturated heterocycles. The number of aromatic amines is 1. The van der Waals surface area contributed by atoms with E-state index in [-0.39, 0.29) is 41.4 Å². The molecule has 5 nitrogen and oxygen atoms in total. The Morgan fingerprint density at radius 3 is 2.65 bits per heavy atom. The molecule has 6 heteroatoms. The molecule has 2 saturated carbocycles. The van der Waals surface area contributed by atoms with Gasteiger partial charge in [-0.05, 0) is 5.56 Å². The van der Waals surface area contributed by atoms with E-state index < -0.39 is 12.1 Å². The molecule has 2 fully saturated rings. The standard InChI is InChI=1S/C17H15FN2O3/c18-13-11-12(13)14(11)20-17(22)15-16(10(21)6-7-19-15)23-8-9-4-2-1-3-5-9/h1-7,11-14H,8H2,(H,19,21)(H,20,22). The first-order valence-corrected chi connectivity index (χ1v) is 7.50. The Kier molecular flexibility index (Phi) is 3.18. The fraction of sp³-hybridized carbons (Fsp3) is 0.294. The number of hydrogen-bond donors (Lipinski definition) is 2. The molecule has 118 valence electrons. The number of pyridine rings is 1. The van der Waals surface area contributed by atoms with Crippen molar-refractivity contribution in [3.8, 4) is 5.75 Å². The van der Waals surface area contributed by atoms with Crippen LogP contribution < -0.4 is 15.5 Å². The molecule has 0 bridgehead atoms. The van der Waals surface area contributed by atoms with Crippen LogP contribution in [0.25, 0.3) is 0 Å². The number of ether oxygens (including phenoxy) is 1. The summed E-state index contributed by atoms with van der Waals surface area (Å²) >= 11 is 0. The van der Waals surface area contributed by atoms with Crippen molar-refractivity contribution >= 4 is 5.91 Å². The van der Waals surface area contributed by atoms with Crippen molar-refractivity contribution in [2.75, 3.05) is 0 Å². The van der Waals surface area contributed by atoms with E-state index in [1.54, 1.807) is 0 Å². The number of carbonyl (C=O) groups is 1. The zero-order valence-corrected chi connectivity index (χ0v) is 12.2. The molecule has 1 heterocycles. The molecular weight excluding hydrogens is 299 g/mol. The van der Waals surface area contributed by atoms with E-state index in [4.69, 9.17) is 4.74 Å². The Hall–Kier alpha value is -2.63. The van der Waals surface area contributed by atoms with Crippen molar-refractivity contribution in [1.29, 1.82) is 0 Å². The van der Waals surface area contributed by atoms with Gasteiger partial charge < -0.3 is 15.0 Å². The van der Waals surface area contributed by atoms with Gasteiger partial charge in [-0.2, -0.15) is 0 Å². The zero-order valence-electron chi connectivity index (χ0n) is 12.2. The van der Waals surface area contributed by atoms with Gasteiger partial charge in [0.1, 0.15) is 12.8 Å². The molecule has 1 aromatic heterocycles. The summed E-state index contributed by atoms with van der Waals surface area (Å²) in [5.41, 5.74) is 0.607. The topological polar surface area (TPSA) is 71.2 Å². The smallest absolute Gasteiger partial charge is 0.271 e. The Morgan fingerprint density at radius 2 is 1.96 bits per heavy atom. The number of rotatable bonds is 5. The van der Waals surface area contributed by atoms with Gasteiger partial charge in [-0.1, -0.05) is 30.3 Å². The Balaban J connectivity index is 1.49. The van der Waals surface area contributed by atoms with E-state index in [1.807, 2.05) is 30.3 Å². The zero-order chi connectivity index (χ0) is 16.0. The van der Waals surface area contributed by atoms with Crippen LogP contribution in [-0.4, -0.2) is 23.1 Å². The van der Waals surface area contributed by atoms with Crippen LogP contribution in [0.2, 0.25) is 0 Å². The number of carbonyl (C=O) groups excluding carboxylic acids is 1. The quantitative estimate of drug-likeness (QED) is 0.881. The number of benzene rings is 1. The summed E-state index contributed by atoms with van der Waals surface area (Å²) in [6, 6.07) is 10.6. The summed E-state index contributed by atoms with van der Waals surface area (Å²) in [4.78, 5) is 27.0. The fourth-order valence-electron chi connectivity index (χ4n) is 2.85. The molecule has 2 atom stereocenters. The number of aromatic nitrogens is 1. The summed E-state index contributed by atoms with van der Waals surface area (Å²) in [5.74, 6) is -0.527. The number of hydrogen-bond acceptors (Lipinski definition) is 3. The number of amides is 1. The molecule has 0 radical (unpaired) electrons. The summed E-state index contributed by atoms with van der Waals surface area (Å²) in [5, 5.41) is 2.74. The minimum Gasteiger partial charge on any atom is -0.483 e. The lowest BCUT2D eigenvalue weighted by molar-refractivity contribution is 0.0928. The molecule has 4 rings (SSSR count). The third-order valence-electron chi connectivity index (χ3n) is 4.39. The molecule has 2 aliphatic carbocycles. The van der Waals surface area contributed by atoms with Crippen LogP contribution in [0.1, 0.15) is 16.1 Å². The largest absolute Gasteiger partial charge is 0.483 e. The minimum absolute atomic E-state index is 0.0139. The molecular formula is C17H15FN2O3. The average Bonchev–Trinajstić information content (AvgIpc) is 3.46. The molecule has 1 amide bonds. The third-order valence-corrected chi connectivity index (χ3v) is 4.39. The first-order valence-electron chi connectivity index (χ1n) is 7.50. The summed E-state index contributed by atoms with van der Waals surface area (Å²) in [7, 11) is 0. The normalized spacial score (nSPS) is 27.0. The lowest BCUT2D eigenvalue weighted by Gasteiger charge is -2.12. The van der Waals surface area contributed by atoms with Gasteiger partial charge in [-0.25, -0.2) is 4.39 Å². The molecule has 1 aromatic carbocycles. The van der Waals surface area contributed by atoms with Crippen molar-refractivity contribution in [3.05, 3.63) is 64.1 Å². The third kappa shape index (κ3) is 2.50. The molecule has 0 aliphatic heterocycles. The molecule has 0 spiro atoms. The van der Waals surface area contributed by atoms with Gasteiger partial charge in [-0.15, -0.1) is 0 Å². The molecule has 2 aromatic rings. The van der Waals surface area contributed by atoms with E-state index in [9.17, 15) is 14.0 Å². The molecule has 2 N–H and O–H groups in total. The van der Waals surface area contributed by atoms with Crippen molar-refractivity contribution in [3.63, 3.8) is 0 Å². The second kappa shape index (κ2) is 5.22. The van der Waals surface area contributed by atoms with E-state index in [1.165, 1.54) is 12.3 Å². The highest BCUT2D eigenvalue weighted by molar-refractivity contribution is 5.95. The van der Waals surface area contributed by atoms with Gasteiger partial charge in [0.2, 0.25) is 5.43 Å². The first-order chi connectivity index (χ1) is 11.2. The van der Waals surface area contributed by atoms with Crippen LogP contribution in [0.3, 0.4) is 0 Å². The predicted octanol–water partition coefficient (Wildman–Crippen LogP) is 1.65. The van der Waals surface area contributed by atoms with Crippen molar-refractivity contribution in [1.82, 2.24) is 10.3 Å². The lowest BCUT2D eigenvalue weighted by atomic mass is 10.2. The van der Waals surface area contributed by atoms with Crippen molar-refractivity contribution in [2.24, 2.45) is 11.8 Å². The van der Waals surface area contributed by atoms with E-state index in [0.717, 1.165) is 5.56 Å². The lowest BCUT2D eigenvalue weighted by Crippen LogP contribution is -2.34. The van der Waals surface area contributed by atoms with Crippen LogP contribution in [0.5, 0.6) is 5.75 Å². The fourth-order valence-corrected chi connectivity index (χ4v) is 2.85. The number of H-pyrrole nitrogens is 1. The second-order valence-electron chi connectivity index (χ2n) is 5.92. The monoisotopic (exact) mass is 314 g/mol. The van der Waals surface area contributed by atoms with E-state index in [0.29, 0.717) is 0 Å². The van der Waals surface area contributed by atoms with Gasteiger partial charge in [-0.3, -0.25) is 9.59 Å². The Morgan fingerprint density at radius 1 is 1.22 bits per heavy atom. The molecule has 2 aliphatic rings. The Labute approximate surface area is 131 Å². The highest BCUT2D eigenvalue weighted by atomic mass is 19.1. The number of halogens is 1. The highest BCUT2D eigenvalue weighted by Gasteiger charge is 2.75. The molecule has 2 unspecified atom stereocenters. The summed E-state index contributed by atoms with van der Waals surface area (Å²) in [6.45, 7) is 0.190. The van der Waals surface area contributed by atoms with Crippen molar-refractivity contribution in [2.45, 2.75) is 18.8 Å². The Bertz CT molecular complexity index is 795. The van der Waals surface area contributed by atoms with Gasteiger partial charge in [0.25, 0.3) is 5.91 Å². The number of nitrogens with one attached hydrogen (secondary N) is 2. The van der Waals surface area contributed by atoms with Crippen LogP contribution >= 0.6 is 0 Å². The first kappa shape index (κ1) is 14.0. The summed E-state index contributed by atoms with van der Waals surface area (Å²) < 4.78 is 18.4. The van der Waals surface area contributed by atoms with Crippen molar-refractivity contribution < 1.29 is 13.9 Å².